The largest absolute Gasteiger partial charge is 0.352 e. The van der Waals surface area contributed by atoms with E-state index >= 15 is 0 Å². The summed E-state index contributed by atoms with van der Waals surface area (Å²) in [6, 6.07) is 4.26. The van der Waals surface area contributed by atoms with Crippen LogP contribution in [0.5, 0.6) is 0 Å². The van der Waals surface area contributed by atoms with Crippen molar-refractivity contribution in [2.45, 2.75) is 30.5 Å². The number of alkyl halides is 1. The molecule has 5 heteroatoms. The molecule has 2 nitrogen and oxygen atoms in total. The zero-order valence-corrected chi connectivity index (χ0v) is 12.8. The minimum Gasteiger partial charge on any atom is -0.352 e. The molecule has 0 radical (unpaired) electrons. The Morgan fingerprint density at radius 1 is 1.37 bits per heavy atom. The maximum Gasteiger partial charge on any atom is 0.255 e. The van der Waals surface area contributed by atoms with Gasteiger partial charge >= 0.3 is 0 Å². The molecule has 0 heterocycles. The molecule has 0 spiro atoms. The second kappa shape index (κ2) is 6.71. The minimum atomic E-state index is -0.575. The van der Waals surface area contributed by atoms with Crippen LogP contribution in [0.4, 0.5) is 4.39 Å². The number of amides is 1. The van der Waals surface area contributed by atoms with Crippen molar-refractivity contribution >= 4 is 33.4 Å². The molecule has 0 aliphatic heterocycles. The highest BCUT2D eigenvalue weighted by Crippen LogP contribution is 2.28. The monoisotopic (exact) mass is 347 g/mol. The molecule has 0 saturated heterocycles. The van der Waals surface area contributed by atoms with Crippen molar-refractivity contribution in [2.24, 2.45) is 5.92 Å². The number of nitrogens with one attached hydrogen (secondary N) is 1. The van der Waals surface area contributed by atoms with Crippen LogP contribution >= 0.6 is 27.5 Å². The van der Waals surface area contributed by atoms with E-state index in [9.17, 15) is 9.18 Å². The molecule has 0 atom stereocenters. The highest BCUT2D eigenvalue weighted by molar-refractivity contribution is 9.09. The van der Waals surface area contributed by atoms with Crippen LogP contribution in [0.2, 0.25) is 5.02 Å². The normalized spacial score (nSPS) is 23.1. The molecule has 1 aromatic carbocycles. The van der Waals surface area contributed by atoms with E-state index < -0.39 is 11.7 Å². The average molecular weight is 349 g/mol. The first-order valence-corrected chi connectivity index (χ1v) is 7.73. The lowest BCUT2D eigenvalue weighted by atomic mass is 9.89. The lowest BCUT2D eigenvalue weighted by Crippen LogP contribution is -2.32. The summed E-state index contributed by atoms with van der Waals surface area (Å²) in [6.45, 7) is 0.587. The van der Waals surface area contributed by atoms with Crippen molar-refractivity contribution in [1.29, 1.82) is 0 Å². The smallest absolute Gasteiger partial charge is 0.255 e. The SMILES string of the molecule is O=C(NCC1CCC(Br)CC1)c1c(F)cccc1Cl. The predicted octanol–water partition coefficient (Wildman–Crippen LogP) is 4.16. The van der Waals surface area contributed by atoms with Crippen molar-refractivity contribution in [2.75, 3.05) is 6.54 Å². The summed E-state index contributed by atoms with van der Waals surface area (Å²) in [4.78, 5) is 12.5. The molecule has 1 N–H and O–H groups in total. The van der Waals surface area contributed by atoms with Gasteiger partial charge in [-0.3, -0.25) is 4.79 Å². The van der Waals surface area contributed by atoms with Crippen LogP contribution in [0.15, 0.2) is 18.2 Å². The first-order valence-electron chi connectivity index (χ1n) is 6.44. The van der Waals surface area contributed by atoms with E-state index in [1.165, 1.54) is 18.2 Å². The Labute approximate surface area is 125 Å². The van der Waals surface area contributed by atoms with E-state index in [0.717, 1.165) is 25.7 Å². The van der Waals surface area contributed by atoms with Gasteiger partial charge in [0.1, 0.15) is 5.82 Å². The van der Waals surface area contributed by atoms with E-state index in [0.29, 0.717) is 17.3 Å². The summed E-state index contributed by atoms with van der Waals surface area (Å²) >= 11 is 9.46. The minimum absolute atomic E-state index is 0.0571. The fourth-order valence-electron chi connectivity index (χ4n) is 2.37. The average Bonchev–Trinajstić information content (AvgIpc) is 2.38. The number of carbonyl (C=O) groups excluding carboxylic acids is 1. The highest BCUT2D eigenvalue weighted by atomic mass is 79.9. The van der Waals surface area contributed by atoms with Gasteiger partial charge in [-0.05, 0) is 43.7 Å². The van der Waals surface area contributed by atoms with Gasteiger partial charge in [-0.2, -0.15) is 0 Å². The van der Waals surface area contributed by atoms with Gasteiger partial charge in [0.05, 0.1) is 10.6 Å². The van der Waals surface area contributed by atoms with Crippen LogP contribution in [0, 0.1) is 11.7 Å². The number of hydrogen-bond acceptors (Lipinski definition) is 1. The highest BCUT2D eigenvalue weighted by Gasteiger charge is 2.21. The molecule has 1 amide bonds. The Bertz CT molecular complexity index is 441. The molecular weight excluding hydrogens is 333 g/mol. The van der Waals surface area contributed by atoms with Crippen LogP contribution in [-0.2, 0) is 0 Å². The van der Waals surface area contributed by atoms with Gasteiger partial charge in [0, 0.05) is 11.4 Å². The summed E-state index contributed by atoms with van der Waals surface area (Å²) in [7, 11) is 0. The number of rotatable bonds is 3. The van der Waals surface area contributed by atoms with Gasteiger partial charge in [0.15, 0.2) is 0 Å². The molecule has 19 heavy (non-hydrogen) atoms. The number of hydrogen-bond donors (Lipinski definition) is 1. The first kappa shape index (κ1) is 14.8. The lowest BCUT2D eigenvalue weighted by molar-refractivity contribution is 0.0940. The van der Waals surface area contributed by atoms with Gasteiger partial charge in [0.2, 0.25) is 0 Å². The van der Waals surface area contributed by atoms with Crippen LogP contribution < -0.4 is 5.32 Å². The third-order valence-electron chi connectivity index (χ3n) is 3.52. The van der Waals surface area contributed by atoms with E-state index in [-0.39, 0.29) is 10.6 Å². The second-order valence-electron chi connectivity index (χ2n) is 4.92. The van der Waals surface area contributed by atoms with Gasteiger partial charge in [-0.15, -0.1) is 0 Å². The maximum atomic E-state index is 13.6. The maximum absolute atomic E-state index is 13.6. The molecule has 1 aliphatic carbocycles. The molecule has 1 aromatic rings. The Morgan fingerprint density at radius 2 is 2.05 bits per heavy atom. The van der Waals surface area contributed by atoms with E-state index in [2.05, 4.69) is 21.2 Å². The van der Waals surface area contributed by atoms with Gasteiger partial charge < -0.3 is 5.32 Å². The standard InChI is InChI=1S/C14H16BrClFNO/c15-10-6-4-9(5-7-10)8-18-14(19)13-11(16)2-1-3-12(13)17/h1-3,9-10H,4-8H2,(H,18,19). The van der Waals surface area contributed by atoms with Crippen LogP contribution in [-0.4, -0.2) is 17.3 Å². The molecule has 1 saturated carbocycles. The third-order valence-corrected chi connectivity index (χ3v) is 4.75. The molecule has 0 aromatic heterocycles. The lowest BCUT2D eigenvalue weighted by Gasteiger charge is -2.25. The van der Waals surface area contributed by atoms with Crippen LogP contribution in [0.25, 0.3) is 0 Å². The fraction of sp³-hybridized carbons (Fsp3) is 0.500. The topological polar surface area (TPSA) is 29.1 Å². The Hall–Kier alpha value is -0.610. The quantitative estimate of drug-likeness (QED) is 0.816. The van der Waals surface area contributed by atoms with Crippen molar-refractivity contribution in [3.63, 3.8) is 0 Å². The molecule has 0 unspecified atom stereocenters. The van der Waals surface area contributed by atoms with Crippen molar-refractivity contribution in [3.8, 4) is 0 Å². The van der Waals surface area contributed by atoms with E-state index in [4.69, 9.17) is 11.6 Å². The van der Waals surface area contributed by atoms with Gasteiger partial charge in [-0.25, -0.2) is 4.39 Å². The second-order valence-corrected chi connectivity index (χ2v) is 6.63. The molecule has 0 bridgehead atoms. The fourth-order valence-corrected chi connectivity index (χ4v) is 3.14. The molecular formula is C14H16BrClFNO. The number of benzene rings is 1. The summed E-state index contributed by atoms with van der Waals surface area (Å²) in [5, 5.41) is 2.94. The summed E-state index contributed by atoms with van der Waals surface area (Å²) in [5.41, 5.74) is -0.0571. The van der Waals surface area contributed by atoms with Gasteiger partial charge in [0.25, 0.3) is 5.91 Å². The molecule has 2 rings (SSSR count). The number of halogens is 3. The van der Waals surface area contributed by atoms with Crippen molar-refractivity contribution in [3.05, 3.63) is 34.6 Å². The van der Waals surface area contributed by atoms with Crippen LogP contribution in [0.3, 0.4) is 0 Å². The zero-order valence-electron chi connectivity index (χ0n) is 10.5. The zero-order chi connectivity index (χ0) is 13.8. The predicted molar refractivity (Wildman–Crippen MR) is 78.4 cm³/mol. The van der Waals surface area contributed by atoms with E-state index in [1.54, 1.807) is 0 Å². The van der Waals surface area contributed by atoms with Crippen molar-refractivity contribution in [1.82, 2.24) is 5.32 Å². The Kier molecular flexibility index (Phi) is 5.22. The first-order chi connectivity index (χ1) is 9.08. The molecule has 104 valence electrons. The van der Waals surface area contributed by atoms with Crippen LogP contribution in [0.1, 0.15) is 36.0 Å². The van der Waals surface area contributed by atoms with E-state index in [1.807, 2.05) is 0 Å². The van der Waals surface area contributed by atoms with Crippen molar-refractivity contribution < 1.29 is 9.18 Å². The summed E-state index contributed by atoms with van der Waals surface area (Å²) < 4.78 is 13.6. The summed E-state index contributed by atoms with van der Waals surface area (Å²) in [5.74, 6) is -0.526. The number of carbonyl (C=O) groups is 1. The molecule has 1 fully saturated rings. The summed E-state index contributed by atoms with van der Waals surface area (Å²) in [6.07, 6.45) is 4.42. The Morgan fingerprint density at radius 3 is 2.68 bits per heavy atom. The Balaban J connectivity index is 1.91. The van der Waals surface area contributed by atoms with Gasteiger partial charge in [-0.1, -0.05) is 33.6 Å². The molecule has 1 aliphatic rings. The third kappa shape index (κ3) is 3.93.